The average Bonchev–Trinajstić information content (AvgIpc) is 3.57. The highest BCUT2D eigenvalue weighted by molar-refractivity contribution is 6.12. The minimum absolute atomic E-state index is 0.577. The zero-order valence-corrected chi connectivity index (χ0v) is 27.3. The van der Waals surface area contributed by atoms with Gasteiger partial charge in [0.1, 0.15) is 11.2 Å². The third kappa shape index (κ3) is 5.51. The van der Waals surface area contributed by atoms with Crippen LogP contribution in [0.25, 0.3) is 89.6 Å². The Kier molecular flexibility index (Phi) is 7.29. The SMILES string of the molecule is Cc1cccc(-c2ccc(-c3nc(-c4ccccc4)nc(-c4ccc5c(c4)oc4ccnc(-c6cccc(-c7ccccc7)c6)c45)n3)cc2)c1. The molecule has 0 amide bonds. The van der Waals surface area contributed by atoms with E-state index >= 15 is 0 Å². The van der Waals surface area contributed by atoms with Gasteiger partial charge in [0, 0.05) is 33.8 Å². The Bertz CT molecular complexity index is 2650. The zero-order chi connectivity index (χ0) is 33.4. The van der Waals surface area contributed by atoms with E-state index in [0.29, 0.717) is 17.5 Å². The van der Waals surface area contributed by atoms with Gasteiger partial charge in [-0.3, -0.25) is 4.98 Å². The number of rotatable bonds is 6. The summed E-state index contributed by atoms with van der Waals surface area (Å²) in [6.45, 7) is 2.11. The number of benzene rings is 6. The van der Waals surface area contributed by atoms with Crippen molar-refractivity contribution in [1.82, 2.24) is 19.9 Å². The monoisotopic (exact) mass is 642 g/mol. The summed E-state index contributed by atoms with van der Waals surface area (Å²) in [7, 11) is 0. The minimum atomic E-state index is 0.577. The summed E-state index contributed by atoms with van der Waals surface area (Å²) in [6, 6.07) is 53.9. The van der Waals surface area contributed by atoms with Gasteiger partial charge in [-0.05, 0) is 53.4 Å². The van der Waals surface area contributed by atoms with Crippen LogP contribution in [0.3, 0.4) is 0 Å². The Morgan fingerprint density at radius 3 is 1.66 bits per heavy atom. The maximum Gasteiger partial charge on any atom is 0.164 e. The Balaban J connectivity index is 1.14. The highest BCUT2D eigenvalue weighted by Crippen LogP contribution is 2.38. The van der Waals surface area contributed by atoms with E-state index in [0.717, 1.165) is 66.6 Å². The second-order valence-electron chi connectivity index (χ2n) is 12.4. The summed E-state index contributed by atoms with van der Waals surface area (Å²) in [4.78, 5) is 19.7. The lowest BCUT2D eigenvalue weighted by Crippen LogP contribution is -2.00. The van der Waals surface area contributed by atoms with Crippen molar-refractivity contribution in [2.75, 3.05) is 0 Å². The molecule has 0 N–H and O–H groups in total. The van der Waals surface area contributed by atoms with Crippen LogP contribution in [0.2, 0.25) is 0 Å². The van der Waals surface area contributed by atoms with Crippen LogP contribution in [0.5, 0.6) is 0 Å². The van der Waals surface area contributed by atoms with Gasteiger partial charge in [-0.15, -0.1) is 0 Å². The summed E-state index contributed by atoms with van der Waals surface area (Å²) in [5.41, 5.74) is 12.0. The van der Waals surface area contributed by atoms with Crippen LogP contribution in [-0.4, -0.2) is 19.9 Å². The third-order valence-electron chi connectivity index (χ3n) is 9.05. The summed E-state index contributed by atoms with van der Waals surface area (Å²) in [6.07, 6.45) is 1.81. The molecule has 6 aromatic carbocycles. The van der Waals surface area contributed by atoms with Gasteiger partial charge < -0.3 is 4.42 Å². The van der Waals surface area contributed by atoms with Crippen molar-refractivity contribution in [2.45, 2.75) is 6.92 Å². The lowest BCUT2D eigenvalue weighted by Gasteiger charge is -2.09. The largest absolute Gasteiger partial charge is 0.456 e. The summed E-state index contributed by atoms with van der Waals surface area (Å²) >= 11 is 0. The highest BCUT2D eigenvalue weighted by atomic mass is 16.3. The molecule has 0 aliphatic carbocycles. The molecule has 0 radical (unpaired) electrons. The fourth-order valence-electron chi connectivity index (χ4n) is 6.54. The van der Waals surface area contributed by atoms with Gasteiger partial charge >= 0.3 is 0 Å². The molecule has 0 bridgehead atoms. The summed E-state index contributed by atoms with van der Waals surface area (Å²) in [5, 5.41) is 1.97. The van der Waals surface area contributed by atoms with E-state index in [9.17, 15) is 0 Å². The number of nitrogens with zero attached hydrogens (tertiary/aromatic N) is 4. The fourth-order valence-corrected chi connectivity index (χ4v) is 6.54. The van der Waals surface area contributed by atoms with Crippen LogP contribution in [-0.2, 0) is 0 Å². The molecule has 50 heavy (non-hydrogen) atoms. The second-order valence-corrected chi connectivity index (χ2v) is 12.4. The second kappa shape index (κ2) is 12.4. The highest BCUT2D eigenvalue weighted by Gasteiger charge is 2.17. The van der Waals surface area contributed by atoms with E-state index in [4.69, 9.17) is 24.4 Å². The van der Waals surface area contributed by atoms with Crippen molar-refractivity contribution < 1.29 is 4.42 Å². The van der Waals surface area contributed by atoms with Crippen LogP contribution in [0, 0.1) is 6.92 Å². The first kappa shape index (κ1) is 29.4. The van der Waals surface area contributed by atoms with Crippen LogP contribution in [0.4, 0.5) is 0 Å². The van der Waals surface area contributed by atoms with Crippen LogP contribution in [0.15, 0.2) is 168 Å². The third-order valence-corrected chi connectivity index (χ3v) is 9.05. The normalized spacial score (nSPS) is 11.3. The van der Waals surface area contributed by atoms with Gasteiger partial charge in [-0.2, -0.15) is 0 Å². The molecule has 9 rings (SSSR count). The Labute approximate surface area is 289 Å². The number of hydrogen-bond acceptors (Lipinski definition) is 5. The first-order valence-corrected chi connectivity index (χ1v) is 16.6. The number of aryl methyl sites for hydroxylation is 1. The molecule has 0 unspecified atom stereocenters. The topological polar surface area (TPSA) is 64.7 Å². The van der Waals surface area contributed by atoms with Gasteiger partial charge in [0.05, 0.1) is 11.1 Å². The van der Waals surface area contributed by atoms with E-state index in [1.54, 1.807) is 0 Å². The molecule has 0 saturated heterocycles. The van der Waals surface area contributed by atoms with Gasteiger partial charge in [-0.25, -0.2) is 15.0 Å². The summed E-state index contributed by atoms with van der Waals surface area (Å²) in [5.74, 6) is 1.80. The number of aromatic nitrogens is 4. The quantitative estimate of drug-likeness (QED) is 0.181. The van der Waals surface area contributed by atoms with Crippen molar-refractivity contribution in [3.63, 3.8) is 0 Å². The van der Waals surface area contributed by atoms with Gasteiger partial charge in [-0.1, -0.05) is 139 Å². The smallest absolute Gasteiger partial charge is 0.164 e. The van der Waals surface area contributed by atoms with Crippen molar-refractivity contribution in [3.05, 3.63) is 169 Å². The first-order chi connectivity index (χ1) is 24.7. The molecule has 0 spiro atoms. The van der Waals surface area contributed by atoms with Crippen LogP contribution in [0.1, 0.15) is 5.56 Å². The van der Waals surface area contributed by atoms with E-state index in [1.807, 2.05) is 54.7 Å². The molecule has 0 aliphatic rings. The van der Waals surface area contributed by atoms with Crippen molar-refractivity contribution >= 4 is 21.9 Å². The molecule has 236 valence electrons. The molecular weight excluding hydrogens is 613 g/mol. The lowest BCUT2D eigenvalue weighted by atomic mass is 9.99. The maximum absolute atomic E-state index is 6.47. The number of hydrogen-bond donors (Lipinski definition) is 0. The molecule has 0 atom stereocenters. The van der Waals surface area contributed by atoms with Gasteiger partial charge in [0.25, 0.3) is 0 Å². The van der Waals surface area contributed by atoms with Gasteiger partial charge in [0.2, 0.25) is 0 Å². The lowest BCUT2D eigenvalue weighted by molar-refractivity contribution is 0.668. The standard InChI is InChI=1S/C45H30N4O/c1-29-10-8-15-34(26-29)31-18-20-33(21-19-31)44-47-43(32-13-6-3-7-14-32)48-45(49-44)37-22-23-38-40(28-37)50-39-24-25-46-42(41(38)39)36-17-9-16-35(27-36)30-11-4-2-5-12-30/h2-28H,1H3. The number of furan rings is 1. The molecule has 5 nitrogen and oxygen atoms in total. The summed E-state index contributed by atoms with van der Waals surface area (Å²) < 4.78 is 6.47. The Morgan fingerprint density at radius 1 is 0.400 bits per heavy atom. The number of pyridine rings is 1. The van der Waals surface area contributed by atoms with E-state index in [2.05, 4.69) is 116 Å². The predicted octanol–water partition coefficient (Wildman–Crippen LogP) is 11.5. The van der Waals surface area contributed by atoms with Crippen molar-refractivity contribution in [3.8, 4) is 67.7 Å². The zero-order valence-electron chi connectivity index (χ0n) is 27.3. The minimum Gasteiger partial charge on any atom is -0.456 e. The first-order valence-electron chi connectivity index (χ1n) is 16.6. The molecule has 9 aromatic rings. The molecule has 5 heteroatoms. The Morgan fingerprint density at radius 2 is 0.940 bits per heavy atom. The van der Waals surface area contributed by atoms with Gasteiger partial charge in [0.15, 0.2) is 17.5 Å². The van der Waals surface area contributed by atoms with E-state index in [1.165, 1.54) is 11.1 Å². The van der Waals surface area contributed by atoms with E-state index < -0.39 is 0 Å². The van der Waals surface area contributed by atoms with Crippen LogP contribution < -0.4 is 0 Å². The fraction of sp³-hybridized carbons (Fsp3) is 0.0222. The molecule has 0 fully saturated rings. The van der Waals surface area contributed by atoms with Crippen molar-refractivity contribution in [2.24, 2.45) is 0 Å². The average molecular weight is 643 g/mol. The molecule has 0 saturated carbocycles. The van der Waals surface area contributed by atoms with Crippen molar-refractivity contribution in [1.29, 1.82) is 0 Å². The van der Waals surface area contributed by atoms with Crippen LogP contribution >= 0.6 is 0 Å². The molecule has 3 aromatic heterocycles. The Hall–Kier alpha value is -6.72. The molecular formula is C45H30N4O. The molecule has 0 aliphatic heterocycles. The predicted molar refractivity (Wildman–Crippen MR) is 202 cm³/mol. The number of fused-ring (bicyclic) bond motifs is 3. The molecule has 3 heterocycles. The maximum atomic E-state index is 6.47. The van der Waals surface area contributed by atoms with E-state index in [-0.39, 0.29) is 0 Å².